The van der Waals surface area contributed by atoms with Crippen molar-refractivity contribution in [2.24, 2.45) is 5.73 Å². The SMILES string of the molecule is N#Cc1ccc(C(N)C#N)cc1. The molecule has 0 aliphatic heterocycles. The summed E-state index contributed by atoms with van der Waals surface area (Å²) in [4.78, 5) is 0. The maximum Gasteiger partial charge on any atom is 0.118 e. The third-order valence-electron chi connectivity index (χ3n) is 1.54. The van der Waals surface area contributed by atoms with Crippen LogP contribution in [0.2, 0.25) is 0 Å². The minimum Gasteiger partial charge on any atom is -0.312 e. The first-order valence-corrected chi connectivity index (χ1v) is 3.43. The Morgan fingerprint density at radius 3 is 2.17 bits per heavy atom. The van der Waals surface area contributed by atoms with Crippen molar-refractivity contribution in [1.29, 1.82) is 10.5 Å². The van der Waals surface area contributed by atoms with Crippen LogP contribution in [0.1, 0.15) is 17.2 Å². The molecule has 1 atom stereocenters. The van der Waals surface area contributed by atoms with E-state index in [9.17, 15) is 0 Å². The highest BCUT2D eigenvalue weighted by Crippen LogP contribution is 2.09. The highest BCUT2D eigenvalue weighted by molar-refractivity contribution is 5.34. The topological polar surface area (TPSA) is 73.6 Å². The monoisotopic (exact) mass is 157 g/mol. The van der Waals surface area contributed by atoms with Crippen LogP contribution >= 0.6 is 0 Å². The molecule has 58 valence electrons. The van der Waals surface area contributed by atoms with Gasteiger partial charge in [-0.3, -0.25) is 0 Å². The average molecular weight is 157 g/mol. The van der Waals surface area contributed by atoms with E-state index in [-0.39, 0.29) is 0 Å². The summed E-state index contributed by atoms with van der Waals surface area (Å²) in [5.74, 6) is 0. The van der Waals surface area contributed by atoms with Gasteiger partial charge < -0.3 is 5.73 Å². The van der Waals surface area contributed by atoms with Gasteiger partial charge in [0, 0.05) is 0 Å². The van der Waals surface area contributed by atoms with Gasteiger partial charge in [-0.05, 0) is 17.7 Å². The Balaban J connectivity index is 2.96. The summed E-state index contributed by atoms with van der Waals surface area (Å²) < 4.78 is 0. The summed E-state index contributed by atoms with van der Waals surface area (Å²) in [6.45, 7) is 0. The zero-order valence-corrected chi connectivity index (χ0v) is 6.36. The van der Waals surface area contributed by atoms with Crippen LogP contribution in [0, 0.1) is 22.7 Å². The molecule has 0 aliphatic carbocycles. The normalized spacial score (nSPS) is 11.2. The summed E-state index contributed by atoms with van der Waals surface area (Å²) in [6, 6.07) is 9.97. The van der Waals surface area contributed by atoms with Crippen LogP contribution in [0.25, 0.3) is 0 Å². The standard InChI is InChI=1S/C9H7N3/c10-5-7-1-3-8(4-2-7)9(12)6-11/h1-4,9H,12H2. The van der Waals surface area contributed by atoms with Crippen molar-refractivity contribution in [3.63, 3.8) is 0 Å². The Labute approximate surface area is 70.7 Å². The highest BCUT2D eigenvalue weighted by Gasteiger charge is 2.02. The number of nitrogens with two attached hydrogens (primary N) is 1. The summed E-state index contributed by atoms with van der Waals surface area (Å²) in [5.41, 5.74) is 6.75. The van der Waals surface area contributed by atoms with E-state index in [1.165, 1.54) is 0 Å². The molecule has 0 saturated carbocycles. The second-order valence-corrected chi connectivity index (χ2v) is 2.34. The molecule has 0 bridgehead atoms. The first kappa shape index (κ1) is 8.26. The third-order valence-corrected chi connectivity index (χ3v) is 1.54. The lowest BCUT2D eigenvalue weighted by Crippen LogP contribution is -2.06. The summed E-state index contributed by atoms with van der Waals surface area (Å²) in [5, 5.41) is 17.0. The Hall–Kier alpha value is -1.84. The Kier molecular flexibility index (Phi) is 2.42. The fourth-order valence-electron chi connectivity index (χ4n) is 0.840. The van der Waals surface area contributed by atoms with E-state index < -0.39 is 6.04 Å². The van der Waals surface area contributed by atoms with Crippen LogP contribution in [-0.4, -0.2) is 0 Å². The number of benzene rings is 1. The zero-order valence-electron chi connectivity index (χ0n) is 6.36. The van der Waals surface area contributed by atoms with Gasteiger partial charge in [-0.25, -0.2) is 0 Å². The lowest BCUT2D eigenvalue weighted by atomic mass is 10.1. The first-order valence-electron chi connectivity index (χ1n) is 3.43. The van der Waals surface area contributed by atoms with Gasteiger partial charge in [0.05, 0.1) is 17.7 Å². The van der Waals surface area contributed by atoms with Crippen molar-refractivity contribution >= 4 is 0 Å². The zero-order chi connectivity index (χ0) is 8.97. The molecule has 3 heteroatoms. The van der Waals surface area contributed by atoms with Gasteiger partial charge >= 0.3 is 0 Å². The number of hydrogen-bond donors (Lipinski definition) is 1. The molecule has 0 aromatic heterocycles. The second-order valence-electron chi connectivity index (χ2n) is 2.34. The van der Waals surface area contributed by atoms with Gasteiger partial charge in [-0.1, -0.05) is 12.1 Å². The smallest absolute Gasteiger partial charge is 0.118 e. The minimum atomic E-state index is -0.599. The number of hydrogen-bond acceptors (Lipinski definition) is 3. The Bertz CT molecular complexity index is 340. The van der Waals surface area contributed by atoms with Crippen molar-refractivity contribution in [1.82, 2.24) is 0 Å². The molecule has 0 saturated heterocycles. The first-order chi connectivity index (χ1) is 5.77. The maximum absolute atomic E-state index is 8.48. The van der Waals surface area contributed by atoms with Crippen LogP contribution in [0.4, 0.5) is 0 Å². The molecule has 1 aromatic carbocycles. The molecule has 0 heterocycles. The van der Waals surface area contributed by atoms with Gasteiger partial charge in [0.1, 0.15) is 6.04 Å². The number of rotatable bonds is 1. The van der Waals surface area contributed by atoms with Gasteiger partial charge in [-0.2, -0.15) is 10.5 Å². The van der Waals surface area contributed by atoms with E-state index in [2.05, 4.69) is 0 Å². The summed E-state index contributed by atoms with van der Waals surface area (Å²) >= 11 is 0. The Morgan fingerprint density at radius 2 is 1.75 bits per heavy atom. The lowest BCUT2D eigenvalue weighted by Gasteiger charge is -2.00. The van der Waals surface area contributed by atoms with Crippen molar-refractivity contribution in [3.8, 4) is 12.1 Å². The van der Waals surface area contributed by atoms with E-state index in [1.807, 2.05) is 12.1 Å². The average Bonchev–Trinajstić information content (AvgIpc) is 2.17. The molecular weight excluding hydrogens is 150 g/mol. The van der Waals surface area contributed by atoms with E-state index >= 15 is 0 Å². The molecule has 0 spiro atoms. The fraction of sp³-hybridized carbons (Fsp3) is 0.111. The van der Waals surface area contributed by atoms with Crippen molar-refractivity contribution in [2.75, 3.05) is 0 Å². The molecule has 1 rings (SSSR count). The number of nitrogens with zero attached hydrogens (tertiary/aromatic N) is 2. The maximum atomic E-state index is 8.48. The van der Waals surface area contributed by atoms with Crippen LogP contribution in [0.15, 0.2) is 24.3 Å². The van der Waals surface area contributed by atoms with Gasteiger partial charge in [0.2, 0.25) is 0 Å². The van der Waals surface area contributed by atoms with Crippen molar-refractivity contribution in [3.05, 3.63) is 35.4 Å². The van der Waals surface area contributed by atoms with Crippen LogP contribution < -0.4 is 5.73 Å². The molecule has 1 aromatic rings. The molecule has 0 fully saturated rings. The fourth-order valence-corrected chi connectivity index (χ4v) is 0.840. The van der Waals surface area contributed by atoms with E-state index in [4.69, 9.17) is 16.3 Å². The van der Waals surface area contributed by atoms with Gasteiger partial charge in [-0.15, -0.1) is 0 Å². The van der Waals surface area contributed by atoms with Gasteiger partial charge in [0.15, 0.2) is 0 Å². The molecule has 12 heavy (non-hydrogen) atoms. The Morgan fingerprint density at radius 1 is 1.17 bits per heavy atom. The molecule has 2 N–H and O–H groups in total. The van der Waals surface area contributed by atoms with Crippen molar-refractivity contribution in [2.45, 2.75) is 6.04 Å². The molecular formula is C9H7N3. The summed E-state index contributed by atoms with van der Waals surface area (Å²) in [6.07, 6.45) is 0. The summed E-state index contributed by atoms with van der Waals surface area (Å²) in [7, 11) is 0. The predicted molar refractivity (Wildman–Crippen MR) is 43.7 cm³/mol. The molecule has 1 unspecified atom stereocenters. The molecule has 0 aliphatic rings. The van der Waals surface area contributed by atoms with Crippen LogP contribution in [0.5, 0.6) is 0 Å². The highest BCUT2D eigenvalue weighted by atomic mass is 14.6. The molecule has 0 amide bonds. The van der Waals surface area contributed by atoms with Gasteiger partial charge in [0.25, 0.3) is 0 Å². The quantitative estimate of drug-likeness (QED) is 0.662. The lowest BCUT2D eigenvalue weighted by molar-refractivity contribution is 0.926. The number of nitriles is 2. The van der Waals surface area contributed by atoms with Crippen molar-refractivity contribution < 1.29 is 0 Å². The van der Waals surface area contributed by atoms with E-state index in [1.54, 1.807) is 24.3 Å². The van der Waals surface area contributed by atoms with Crippen LogP contribution in [-0.2, 0) is 0 Å². The predicted octanol–water partition coefficient (Wildman–Crippen LogP) is 1.08. The van der Waals surface area contributed by atoms with Crippen LogP contribution in [0.3, 0.4) is 0 Å². The minimum absolute atomic E-state index is 0.573. The second kappa shape index (κ2) is 3.52. The third kappa shape index (κ3) is 1.60. The van der Waals surface area contributed by atoms with E-state index in [0.29, 0.717) is 5.56 Å². The largest absolute Gasteiger partial charge is 0.312 e. The molecule has 0 radical (unpaired) electrons. The van der Waals surface area contributed by atoms with E-state index in [0.717, 1.165) is 5.56 Å². The molecule has 3 nitrogen and oxygen atoms in total.